The lowest BCUT2D eigenvalue weighted by atomic mass is 10.1. The number of aromatic hydroxyl groups is 1. The first-order valence-electron chi connectivity index (χ1n) is 8.60. The summed E-state index contributed by atoms with van der Waals surface area (Å²) in [5.74, 6) is -0.728. The Labute approximate surface area is 160 Å². The van der Waals surface area contributed by atoms with Crippen LogP contribution in [-0.2, 0) is 0 Å². The number of H-pyrrole nitrogens is 1. The highest BCUT2D eigenvalue weighted by Gasteiger charge is 2.20. The van der Waals surface area contributed by atoms with Gasteiger partial charge in [-0.1, -0.05) is 36.4 Å². The molecule has 0 saturated carbocycles. The second-order valence-corrected chi connectivity index (χ2v) is 5.83. The maximum atomic E-state index is 12.5. The lowest BCUT2D eigenvalue weighted by molar-refractivity contribution is 0.104. The number of benzene rings is 2. The van der Waals surface area contributed by atoms with E-state index in [1.165, 1.54) is 12.2 Å². The number of hydrogen-bond acceptors (Lipinski definition) is 5. The van der Waals surface area contributed by atoms with E-state index in [-0.39, 0.29) is 0 Å². The molecule has 0 saturated heterocycles. The van der Waals surface area contributed by atoms with Crippen LogP contribution < -0.4 is 16.0 Å². The number of aromatic nitrogens is 2. The van der Waals surface area contributed by atoms with Crippen LogP contribution in [0, 0.1) is 0 Å². The molecule has 7 heteroatoms. The summed E-state index contributed by atoms with van der Waals surface area (Å²) in [6.07, 6.45) is 2.68. The van der Waals surface area contributed by atoms with Crippen molar-refractivity contribution < 1.29 is 14.6 Å². The van der Waals surface area contributed by atoms with Gasteiger partial charge < -0.3 is 9.84 Å². The molecule has 0 aliphatic carbocycles. The van der Waals surface area contributed by atoms with Crippen molar-refractivity contribution in [3.63, 3.8) is 0 Å². The van der Waals surface area contributed by atoms with Crippen molar-refractivity contribution in [2.45, 2.75) is 6.92 Å². The Bertz CT molecular complexity index is 1130. The maximum Gasteiger partial charge on any atom is 0.335 e. The van der Waals surface area contributed by atoms with Gasteiger partial charge in [0.05, 0.1) is 12.3 Å². The number of hydrogen-bond donors (Lipinski definition) is 2. The van der Waals surface area contributed by atoms with E-state index in [1.807, 2.05) is 6.92 Å². The largest absolute Gasteiger partial charge is 0.494 e. The molecule has 2 aromatic carbocycles. The molecule has 0 spiro atoms. The molecule has 0 radical (unpaired) electrons. The van der Waals surface area contributed by atoms with Crippen molar-refractivity contribution in [3.8, 4) is 17.3 Å². The fourth-order valence-corrected chi connectivity index (χ4v) is 2.66. The number of nitrogens with zero attached hydrogens (tertiary/aromatic N) is 1. The fraction of sp³-hybridized carbons (Fsp3) is 0.0952. The smallest absolute Gasteiger partial charge is 0.335 e. The van der Waals surface area contributed by atoms with Gasteiger partial charge in [-0.2, -0.15) is 0 Å². The van der Waals surface area contributed by atoms with Gasteiger partial charge in [-0.05, 0) is 42.8 Å². The summed E-state index contributed by atoms with van der Waals surface area (Å²) in [5, 5.41) is 10.4. The van der Waals surface area contributed by atoms with Crippen LogP contribution in [0.5, 0.6) is 11.6 Å². The van der Waals surface area contributed by atoms with Crippen LogP contribution in [0.15, 0.2) is 70.3 Å². The molecule has 28 heavy (non-hydrogen) atoms. The van der Waals surface area contributed by atoms with Crippen LogP contribution >= 0.6 is 0 Å². The summed E-state index contributed by atoms with van der Waals surface area (Å²) in [5.41, 5.74) is -1.25. The topological polar surface area (TPSA) is 101 Å². The maximum absolute atomic E-state index is 12.5. The first kappa shape index (κ1) is 18.9. The van der Waals surface area contributed by atoms with Gasteiger partial charge >= 0.3 is 5.69 Å². The van der Waals surface area contributed by atoms with Crippen LogP contribution in [0.1, 0.15) is 22.8 Å². The predicted octanol–water partition coefficient (Wildman–Crippen LogP) is 2.53. The molecule has 0 fully saturated rings. The van der Waals surface area contributed by atoms with Gasteiger partial charge in [0.2, 0.25) is 5.88 Å². The molecular formula is C21H18N2O5. The number of rotatable bonds is 6. The van der Waals surface area contributed by atoms with E-state index in [9.17, 15) is 19.5 Å². The SMILES string of the molecule is CCOc1ccc(/C=C/C(=O)c2c(O)n(-c3ccccc3)c(=O)[nH]c2=O)cc1. The van der Waals surface area contributed by atoms with Gasteiger partial charge in [0, 0.05) is 0 Å². The highest BCUT2D eigenvalue weighted by Crippen LogP contribution is 2.18. The number of carbonyl (C=O) groups is 1. The van der Waals surface area contributed by atoms with Crippen LogP contribution in [0.25, 0.3) is 11.8 Å². The van der Waals surface area contributed by atoms with Gasteiger partial charge in [-0.25, -0.2) is 9.36 Å². The molecule has 3 aromatic rings. The molecule has 0 aliphatic rings. The highest BCUT2D eigenvalue weighted by atomic mass is 16.5. The second kappa shape index (κ2) is 8.22. The molecular weight excluding hydrogens is 360 g/mol. The first-order valence-corrected chi connectivity index (χ1v) is 8.60. The number of aromatic amines is 1. The van der Waals surface area contributed by atoms with E-state index < -0.39 is 28.5 Å². The zero-order chi connectivity index (χ0) is 20.1. The minimum atomic E-state index is -0.948. The number of allylic oxidation sites excluding steroid dienone is 1. The summed E-state index contributed by atoms with van der Waals surface area (Å²) < 4.78 is 6.23. The Balaban J connectivity index is 1.95. The number of ether oxygens (including phenoxy) is 1. The molecule has 7 nitrogen and oxygen atoms in total. The number of carbonyl (C=O) groups excluding carboxylic acids is 1. The number of ketones is 1. The molecule has 3 rings (SSSR count). The third-order valence-corrected chi connectivity index (χ3v) is 3.97. The Morgan fingerprint density at radius 3 is 2.43 bits per heavy atom. The van der Waals surface area contributed by atoms with E-state index >= 15 is 0 Å². The lowest BCUT2D eigenvalue weighted by Gasteiger charge is -2.09. The standard InChI is InChI=1S/C21H18N2O5/c1-2-28-16-11-8-14(9-12-16)10-13-17(24)18-19(25)22-21(27)23(20(18)26)15-6-4-3-5-7-15/h3-13,26H,2H2,1H3,(H,22,25,27)/b13-10+. The third kappa shape index (κ3) is 3.93. The van der Waals surface area contributed by atoms with Crippen molar-refractivity contribution in [2.24, 2.45) is 0 Å². The average molecular weight is 378 g/mol. The average Bonchev–Trinajstić information content (AvgIpc) is 2.68. The first-order chi connectivity index (χ1) is 13.5. The molecule has 2 N–H and O–H groups in total. The summed E-state index contributed by atoms with van der Waals surface area (Å²) >= 11 is 0. The molecule has 1 aromatic heterocycles. The Morgan fingerprint density at radius 1 is 1.11 bits per heavy atom. The van der Waals surface area contributed by atoms with Crippen LogP contribution in [0.2, 0.25) is 0 Å². The number of para-hydroxylation sites is 1. The third-order valence-electron chi connectivity index (χ3n) is 3.97. The molecule has 0 aliphatic heterocycles. The van der Waals surface area contributed by atoms with Crippen molar-refractivity contribution in [3.05, 3.63) is 92.6 Å². The monoisotopic (exact) mass is 378 g/mol. The van der Waals surface area contributed by atoms with Gasteiger partial charge in [-0.3, -0.25) is 14.6 Å². The quantitative estimate of drug-likeness (QED) is 0.507. The Morgan fingerprint density at radius 2 is 1.79 bits per heavy atom. The van der Waals surface area contributed by atoms with Gasteiger partial charge in [0.15, 0.2) is 5.78 Å². The van der Waals surface area contributed by atoms with Crippen molar-refractivity contribution in [1.82, 2.24) is 9.55 Å². The normalized spacial score (nSPS) is 10.9. The van der Waals surface area contributed by atoms with E-state index in [1.54, 1.807) is 54.6 Å². The van der Waals surface area contributed by atoms with E-state index in [2.05, 4.69) is 4.98 Å². The molecule has 142 valence electrons. The summed E-state index contributed by atoms with van der Waals surface area (Å²) in [6, 6.07) is 15.2. The molecule has 0 amide bonds. The van der Waals surface area contributed by atoms with E-state index in [0.717, 1.165) is 4.57 Å². The zero-order valence-electron chi connectivity index (χ0n) is 15.1. The van der Waals surface area contributed by atoms with E-state index in [0.29, 0.717) is 23.6 Å². The van der Waals surface area contributed by atoms with Crippen molar-refractivity contribution >= 4 is 11.9 Å². The molecule has 0 atom stereocenters. The summed E-state index contributed by atoms with van der Waals surface area (Å²) in [7, 11) is 0. The number of nitrogens with one attached hydrogen (secondary N) is 1. The van der Waals surface area contributed by atoms with Gasteiger partial charge in [0.25, 0.3) is 5.56 Å². The molecule has 1 heterocycles. The van der Waals surface area contributed by atoms with Gasteiger partial charge in [0.1, 0.15) is 11.3 Å². The molecule has 0 unspecified atom stereocenters. The van der Waals surface area contributed by atoms with E-state index in [4.69, 9.17) is 4.74 Å². The van der Waals surface area contributed by atoms with Crippen molar-refractivity contribution in [1.29, 1.82) is 0 Å². The Kier molecular flexibility index (Phi) is 5.55. The fourth-order valence-electron chi connectivity index (χ4n) is 2.66. The molecule has 0 bridgehead atoms. The van der Waals surface area contributed by atoms with Crippen molar-refractivity contribution in [2.75, 3.05) is 6.61 Å². The summed E-state index contributed by atoms with van der Waals surface area (Å²) in [4.78, 5) is 38.8. The van der Waals surface area contributed by atoms with Crippen LogP contribution in [0.3, 0.4) is 0 Å². The zero-order valence-corrected chi connectivity index (χ0v) is 15.1. The predicted molar refractivity (Wildman–Crippen MR) is 105 cm³/mol. The second-order valence-electron chi connectivity index (χ2n) is 5.83. The van der Waals surface area contributed by atoms with Crippen LogP contribution in [-0.4, -0.2) is 27.0 Å². The summed E-state index contributed by atoms with van der Waals surface area (Å²) in [6.45, 7) is 2.43. The Hall–Kier alpha value is -3.87. The van der Waals surface area contributed by atoms with Gasteiger partial charge in [-0.15, -0.1) is 0 Å². The lowest BCUT2D eigenvalue weighted by Crippen LogP contribution is -2.32. The minimum Gasteiger partial charge on any atom is -0.494 e. The highest BCUT2D eigenvalue weighted by molar-refractivity contribution is 6.08. The van der Waals surface area contributed by atoms with Crippen LogP contribution in [0.4, 0.5) is 0 Å². The minimum absolute atomic E-state index is 0.325.